The average molecular weight is 399 g/mol. The summed E-state index contributed by atoms with van der Waals surface area (Å²) in [5.41, 5.74) is 1.89. The predicted octanol–water partition coefficient (Wildman–Crippen LogP) is 3.12. The molecule has 1 saturated heterocycles. The molecule has 8 heteroatoms. The van der Waals surface area contributed by atoms with Gasteiger partial charge in [0.2, 0.25) is 6.39 Å². The van der Waals surface area contributed by atoms with Crippen molar-refractivity contribution in [2.24, 2.45) is 0 Å². The van der Waals surface area contributed by atoms with Crippen molar-refractivity contribution in [3.05, 3.63) is 41.5 Å². The number of hydrogen-bond acceptors (Lipinski definition) is 6. The summed E-state index contributed by atoms with van der Waals surface area (Å²) in [5.74, 6) is -0.202. The van der Waals surface area contributed by atoms with Gasteiger partial charge in [0.15, 0.2) is 0 Å². The Labute approximate surface area is 172 Å². The summed E-state index contributed by atoms with van der Waals surface area (Å²) in [4.78, 5) is 18.5. The molecule has 0 saturated carbocycles. The third-order valence-corrected chi connectivity index (χ3v) is 5.83. The number of amides is 1. The first-order valence-corrected chi connectivity index (χ1v) is 9.85. The van der Waals surface area contributed by atoms with Crippen LogP contribution in [0.5, 0.6) is 0 Å². The van der Waals surface area contributed by atoms with E-state index < -0.39 is 12.7 Å². The summed E-state index contributed by atoms with van der Waals surface area (Å²) in [7, 11) is -0.410. The molecule has 0 N–H and O–H groups in total. The number of carbonyl (C=O) groups is 1. The van der Waals surface area contributed by atoms with E-state index in [9.17, 15) is 4.79 Å². The Morgan fingerprint density at radius 1 is 1.14 bits per heavy atom. The quantitative estimate of drug-likeness (QED) is 0.736. The summed E-state index contributed by atoms with van der Waals surface area (Å²) in [6.45, 7) is 16.6. The average Bonchev–Trinajstić information content (AvgIpc) is 3.18. The highest BCUT2D eigenvalue weighted by Crippen LogP contribution is 2.36. The topological polar surface area (TPSA) is 77.7 Å². The van der Waals surface area contributed by atoms with E-state index in [1.807, 2.05) is 67.5 Å². The number of aryl methyl sites for hydroxylation is 1. The van der Waals surface area contributed by atoms with E-state index in [1.54, 1.807) is 4.90 Å². The van der Waals surface area contributed by atoms with Gasteiger partial charge in [-0.05, 0) is 72.0 Å². The molecule has 3 rings (SSSR count). The number of carbonyl (C=O) groups excluding carboxylic acids is 1. The molecule has 1 fully saturated rings. The van der Waals surface area contributed by atoms with Crippen LogP contribution in [0.3, 0.4) is 0 Å². The lowest BCUT2D eigenvalue weighted by molar-refractivity contribution is 0.00578. The molecule has 0 spiro atoms. The molecule has 0 atom stereocenters. The highest BCUT2D eigenvalue weighted by Gasteiger charge is 2.51. The summed E-state index contributed by atoms with van der Waals surface area (Å²) >= 11 is 0. The van der Waals surface area contributed by atoms with Gasteiger partial charge in [0.1, 0.15) is 0 Å². The Morgan fingerprint density at radius 3 is 2.24 bits per heavy atom. The van der Waals surface area contributed by atoms with Gasteiger partial charge in [-0.25, -0.2) is 0 Å². The molecule has 156 valence electrons. The van der Waals surface area contributed by atoms with E-state index >= 15 is 0 Å². The summed E-state index contributed by atoms with van der Waals surface area (Å²) in [5, 5.41) is 3.70. The lowest BCUT2D eigenvalue weighted by atomic mass is 9.78. The number of aromatic nitrogens is 2. The van der Waals surface area contributed by atoms with Crippen molar-refractivity contribution in [1.82, 2.24) is 15.0 Å². The lowest BCUT2D eigenvalue weighted by Crippen LogP contribution is -2.45. The fraction of sp³-hybridized carbons (Fsp3) is 0.571. The maximum Gasteiger partial charge on any atom is 0.494 e. The van der Waals surface area contributed by atoms with Crippen LogP contribution in [0.4, 0.5) is 0 Å². The van der Waals surface area contributed by atoms with Crippen LogP contribution in [0, 0.1) is 6.92 Å². The smallest absolute Gasteiger partial charge is 0.399 e. The Kier molecular flexibility index (Phi) is 5.38. The lowest BCUT2D eigenvalue weighted by Gasteiger charge is -2.35. The molecule has 7 nitrogen and oxygen atoms in total. The van der Waals surface area contributed by atoms with Crippen molar-refractivity contribution >= 4 is 18.5 Å². The molecule has 2 aromatic rings. The first-order chi connectivity index (χ1) is 13.3. The molecule has 0 unspecified atom stereocenters. The van der Waals surface area contributed by atoms with Crippen molar-refractivity contribution in [2.75, 3.05) is 0 Å². The van der Waals surface area contributed by atoms with Crippen LogP contribution < -0.4 is 5.46 Å². The van der Waals surface area contributed by atoms with Crippen LogP contribution in [0.15, 0.2) is 29.1 Å². The van der Waals surface area contributed by atoms with E-state index in [0.717, 1.165) is 16.6 Å². The minimum atomic E-state index is -0.410. The van der Waals surface area contributed by atoms with Crippen LogP contribution in [0.2, 0.25) is 0 Å². The Morgan fingerprint density at radius 2 is 1.76 bits per heavy atom. The van der Waals surface area contributed by atoms with Gasteiger partial charge in [0.05, 0.1) is 11.2 Å². The number of hydrogen-bond donors (Lipinski definition) is 0. The highest BCUT2D eigenvalue weighted by molar-refractivity contribution is 6.62. The van der Waals surface area contributed by atoms with E-state index in [4.69, 9.17) is 13.8 Å². The van der Waals surface area contributed by atoms with E-state index in [1.165, 1.54) is 6.39 Å². The zero-order chi connectivity index (χ0) is 21.6. The molecule has 0 radical (unpaired) electrons. The van der Waals surface area contributed by atoms with Crippen LogP contribution in [0.25, 0.3) is 0 Å². The van der Waals surface area contributed by atoms with Gasteiger partial charge in [0, 0.05) is 12.1 Å². The molecule has 2 heterocycles. The van der Waals surface area contributed by atoms with Gasteiger partial charge in [-0.1, -0.05) is 23.4 Å². The molecule has 0 bridgehead atoms. The standard InChI is InChI=1S/C21H30BN3O4/c1-14-11-16(22-28-20(5,6)21(7,8)29-22)10-9-15(14)12-25(19(2,3)4)18(26)17-23-13-27-24-17/h9-11,13H,12H2,1-8H3. The molecule has 1 aromatic carbocycles. The summed E-state index contributed by atoms with van der Waals surface area (Å²) in [6, 6.07) is 6.10. The second kappa shape index (κ2) is 7.25. The molecule has 0 aliphatic carbocycles. The first-order valence-electron chi connectivity index (χ1n) is 9.85. The fourth-order valence-electron chi connectivity index (χ4n) is 3.19. The van der Waals surface area contributed by atoms with Gasteiger partial charge in [-0.3, -0.25) is 4.79 Å². The zero-order valence-electron chi connectivity index (χ0n) is 18.6. The van der Waals surface area contributed by atoms with Gasteiger partial charge >= 0.3 is 7.12 Å². The molecule has 29 heavy (non-hydrogen) atoms. The zero-order valence-corrected chi connectivity index (χ0v) is 18.6. The Bertz CT molecular complexity index is 872. The fourth-order valence-corrected chi connectivity index (χ4v) is 3.19. The Balaban J connectivity index is 1.83. The van der Waals surface area contributed by atoms with E-state index in [0.29, 0.717) is 6.54 Å². The van der Waals surface area contributed by atoms with E-state index in [-0.39, 0.29) is 22.9 Å². The minimum absolute atomic E-state index is 0.0615. The molecule has 1 amide bonds. The maximum absolute atomic E-state index is 12.9. The van der Waals surface area contributed by atoms with Gasteiger partial charge in [-0.2, -0.15) is 4.98 Å². The second-order valence-corrected chi connectivity index (χ2v) is 9.59. The third-order valence-electron chi connectivity index (χ3n) is 5.83. The minimum Gasteiger partial charge on any atom is -0.399 e. The molecule has 1 aliphatic rings. The van der Waals surface area contributed by atoms with Crippen LogP contribution in [0.1, 0.15) is 70.2 Å². The Hall–Kier alpha value is -2.19. The van der Waals surface area contributed by atoms with Gasteiger partial charge in [0.25, 0.3) is 11.7 Å². The number of nitrogens with zero attached hydrogens (tertiary/aromatic N) is 3. The van der Waals surface area contributed by atoms with E-state index in [2.05, 4.69) is 16.2 Å². The largest absolute Gasteiger partial charge is 0.494 e. The molecular formula is C21H30BN3O4. The number of rotatable bonds is 4. The van der Waals surface area contributed by atoms with Crippen molar-refractivity contribution in [3.8, 4) is 0 Å². The summed E-state index contributed by atoms with van der Waals surface area (Å²) < 4.78 is 17.0. The van der Waals surface area contributed by atoms with Crippen LogP contribution >= 0.6 is 0 Å². The van der Waals surface area contributed by atoms with Gasteiger partial charge < -0.3 is 18.7 Å². The molecule has 1 aliphatic heterocycles. The monoisotopic (exact) mass is 399 g/mol. The SMILES string of the molecule is Cc1cc(B2OC(C)(C)C(C)(C)O2)ccc1CN(C(=O)c1ncon1)C(C)(C)C. The normalized spacial score (nSPS) is 18.1. The highest BCUT2D eigenvalue weighted by atomic mass is 16.7. The molecular weight excluding hydrogens is 369 g/mol. The van der Waals surface area contributed by atoms with Crippen molar-refractivity contribution in [2.45, 2.75) is 78.7 Å². The van der Waals surface area contributed by atoms with Crippen molar-refractivity contribution in [1.29, 1.82) is 0 Å². The van der Waals surface area contributed by atoms with Crippen molar-refractivity contribution < 1.29 is 18.6 Å². The van der Waals surface area contributed by atoms with Crippen molar-refractivity contribution in [3.63, 3.8) is 0 Å². The van der Waals surface area contributed by atoms with Crippen LogP contribution in [-0.2, 0) is 15.9 Å². The second-order valence-electron chi connectivity index (χ2n) is 9.59. The van der Waals surface area contributed by atoms with Gasteiger partial charge in [-0.15, -0.1) is 0 Å². The summed E-state index contributed by atoms with van der Waals surface area (Å²) in [6.07, 6.45) is 1.17. The van der Waals surface area contributed by atoms with Crippen LogP contribution in [-0.4, -0.2) is 44.8 Å². The third kappa shape index (κ3) is 4.23. The molecule has 1 aromatic heterocycles. The number of benzene rings is 1. The predicted molar refractivity (Wildman–Crippen MR) is 111 cm³/mol. The first kappa shape index (κ1) is 21.5. The maximum atomic E-state index is 12.9.